The number of esters is 2. The van der Waals surface area contributed by atoms with Crippen LogP contribution in [0.5, 0.6) is 0 Å². The molecule has 104 valence electrons. The Kier molecular flexibility index (Phi) is 8.19. The molecule has 0 heterocycles. The number of thioether (sulfide) groups is 1. The third-order valence-corrected chi connectivity index (χ3v) is 3.07. The second-order valence-corrected chi connectivity index (χ2v) is 5.33. The summed E-state index contributed by atoms with van der Waals surface area (Å²) < 4.78 is 8.96. The lowest BCUT2D eigenvalue weighted by atomic mass is 10.4. The minimum absolute atomic E-state index is 0.214. The Balaban J connectivity index is 4.48. The van der Waals surface area contributed by atoms with E-state index in [9.17, 15) is 14.4 Å². The van der Waals surface area contributed by atoms with Crippen LogP contribution in [0.1, 0.15) is 13.8 Å². The molecule has 18 heavy (non-hydrogen) atoms. The molecule has 0 atom stereocenters. The third-order valence-electron chi connectivity index (χ3n) is 1.99. The van der Waals surface area contributed by atoms with E-state index in [4.69, 9.17) is 0 Å². The quantitative estimate of drug-likeness (QED) is 0.623. The standard InChI is InChI=1S/C11H19NO5S/c1-8(2)18-7-9(13)12(5-10(14)16-3)6-11(15)17-4/h8H,5-7H2,1-4H3. The first kappa shape index (κ1) is 16.8. The largest absolute Gasteiger partial charge is 0.468 e. The maximum Gasteiger partial charge on any atom is 0.325 e. The van der Waals surface area contributed by atoms with Crippen molar-refractivity contribution in [3.63, 3.8) is 0 Å². The van der Waals surface area contributed by atoms with Gasteiger partial charge >= 0.3 is 11.9 Å². The number of ether oxygens (including phenoxy) is 2. The molecule has 0 aromatic carbocycles. The van der Waals surface area contributed by atoms with Crippen molar-refractivity contribution in [2.75, 3.05) is 33.1 Å². The molecule has 0 aliphatic heterocycles. The SMILES string of the molecule is COC(=O)CN(CC(=O)OC)C(=O)CSC(C)C. The summed E-state index contributed by atoms with van der Waals surface area (Å²) in [6.45, 7) is 3.43. The highest BCUT2D eigenvalue weighted by Gasteiger charge is 2.21. The summed E-state index contributed by atoms with van der Waals surface area (Å²) in [5.41, 5.74) is 0. The fraction of sp³-hybridized carbons (Fsp3) is 0.727. The molecule has 0 saturated carbocycles. The molecule has 0 spiro atoms. The van der Waals surface area contributed by atoms with E-state index < -0.39 is 11.9 Å². The predicted molar refractivity (Wildman–Crippen MR) is 68.2 cm³/mol. The summed E-state index contributed by atoms with van der Waals surface area (Å²) >= 11 is 1.44. The molecule has 7 heteroatoms. The molecule has 0 unspecified atom stereocenters. The van der Waals surface area contributed by atoms with E-state index in [1.54, 1.807) is 0 Å². The summed E-state index contributed by atoms with van der Waals surface area (Å²) in [4.78, 5) is 35.3. The average Bonchev–Trinajstić information content (AvgIpc) is 2.34. The summed E-state index contributed by atoms with van der Waals surface area (Å²) in [6, 6.07) is 0. The van der Waals surface area contributed by atoms with Gasteiger partial charge in [-0.3, -0.25) is 14.4 Å². The fourth-order valence-corrected chi connectivity index (χ4v) is 1.66. The van der Waals surface area contributed by atoms with Crippen molar-refractivity contribution in [3.8, 4) is 0 Å². The highest BCUT2D eigenvalue weighted by Crippen LogP contribution is 2.10. The Bertz CT molecular complexity index is 288. The normalized spacial score (nSPS) is 10.1. The summed E-state index contributed by atoms with van der Waals surface area (Å²) in [6.07, 6.45) is 0. The van der Waals surface area contributed by atoms with Crippen molar-refractivity contribution < 1.29 is 23.9 Å². The van der Waals surface area contributed by atoms with Gasteiger partial charge in [0.15, 0.2) is 0 Å². The second-order valence-electron chi connectivity index (χ2n) is 3.76. The number of rotatable bonds is 7. The van der Waals surface area contributed by atoms with Gasteiger partial charge in [-0.25, -0.2) is 0 Å². The van der Waals surface area contributed by atoms with Gasteiger partial charge < -0.3 is 14.4 Å². The zero-order valence-electron chi connectivity index (χ0n) is 11.1. The van der Waals surface area contributed by atoms with Gasteiger partial charge in [-0.1, -0.05) is 13.8 Å². The van der Waals surface area contributed by atoms with Crippen molar-refractivity contribution in [2.24, 2.45) is 0 Å². The number of carbonyl (C=O) groups is 3. The molecule has 1 amide bonds. The van der Waals surface area contributed by atoms with Crippen LogP contribution in [0, 0.1) is 0 Å². The lowest BCUT2D eigenvalue weighted by molar-refractivity contribution is -0.151. The number of hydrogen-bond donors (Lipinski definition) is 0. The van der Waals surface area contributed by atoms with Crippen LogP contribution in [0.15, 0.2) is 0 Å². The van der Waals surface area contributed by atoms with Crippen LogP contribution >= 0.6 is 11.8 Å². The van der Waals surface area contributed by atoms with Crippen LogP contribution in [0.3, 0.4) is 0 Å². The molecule has 0 aliphatic carbocycles. The highest BCUT2D eigenvalue weighted by molar-refractivity contribution is 8.00. The van der Waals surface area contributed by atoms with E-state index in [0.717, 1.165) is 4.90 Å². The van der Waals surface area contributed by atoms with Gasteiger partial charge in [-0.15, -0.1) is 11.8 Å². The molecule has 0 saturated heterocycles. The summed E-state index contributed by atoms with van der Waals surface area (Å²) in [5, 5.41) is 0.298. The number of methoxy groups -OCH3 is 2. The molecule has 0 rings (SSSR count). The molecule has 6 nitrogen and oxygen atoms in total. The number of amides is 1. The molecular weight excluding hydrogens is 258 g/mol. The fourth-order valence-electron chi connectivity index (χ4n) is 1.00. The minimum Gasteiger partial charge on any atom is -0.468 e. The first-order chi connectivity index (χ1) is 8.40. The minimum atomic E-state index is -0.568. The van der Waals surface area contributed by atoms with E-state index in [-0.39, 0.29) is 24.7 Å². The van der Waals surface area contributed by atoms with Crippen molar-refractivity contribution in [1.29, 1.82) is 0 Å². The van der Waals surface area contributed by atoms with Crippen LogP contribution in [0.4, 0.5) is 0 Å². The van der Waals surface area contributed by atoms with Crippen LogP contribution in [-0.2, 0) is 23.9 Å². The first-order valence-electron chi connectivity index (χ1n) is 5.43. The lowest BCUT2D eigenvalue weighted by Gasteiger charge is -2.20. The summed E-state index contributed by atoms with van der Waals surface area (Å²) in [5.74, 6) is -1.21. The predicted octanol–water partition coefficient (Wildman–Crippen LogP) is 0.303. The first-order valence-corrected chi connectivity index (χ1v) is 6.48. The molecule has 0 aromatic rings. The Morgan fingerprint density at radius 3 is 1.83 bits per heavy atom. The molecule has 0 aromatic heterocycles. The molecule has 0 bridgehead atoms. The van der Waals surface area contributed by atoms with Gasteiger partial charge in [0.1, 0.15) is 13.1 Å². The zero-order chi connectivity index (χ0) is 14.1. The smallest absolute Gasteiger partial charge is 0.325 e. The van der Waals surface area contributed by atoms with Crippen LogP contribution in [0.2, 0.25) is 0 Å². The van der Waals surface area contributed by atoms with Gasteiger partial charge in [0.05, 0.1) is 20.0 Å². The average molecular weight is 277 g/mol. The third kappa shape index (κ3) is 7.16. The van der Waals surface area contributed by atoms with Gasteiger partial charge in [-0.05, 0) is 5.25 Å². The number of hydrogen-bond acceptors (Lipinski definition) is 6. The van der Waals surface area contributed by atoms with Crippen molar-refractivity contribution in [1.82, 2.24) is 4.90 Å². The van der Waals surface area contributed by atoms with E-state index in [1.807, 2.05) is 13.8 Å². The highest BCUT2D eigenvalue weighted by atomic mass is 32.2. The van der Waals surface area contributed by atoms with Crippen LogP contribution in [-0.4, -0.2) is 61.1 Å². The molecule has 0 N–H and O–H groups in total. The number of nitrogens with zero attached hydrogens (tertiary/aromatic N) is 1. The topological polar surface area (TPSA) is 72.9 Å². The van der Waals surface area contributed by atoms with Gasteiger partial charge in [0.25, 0.3) is 0 Å². The lowest BCUT2D eigenvalue weighted by Crippen LogP contribution is -2.41. The van der Waals surface area contributed by atoms with Crippen LogP contribution < -0.4 is 0 Å². The van der Waals surface area contributed by atoms with Crippen LogP contribution in [0.25, 0.3) is 0 Å². The van der Waals surface area contributed by atoms with E-state index in [0.29, 0.717) is 5.25 Å². The van der Waals surface area contributed by atoms with E-state index in [1.165, 1.54) is 26.0 Å². The summed E-state index contributed by atoms with van der Waals surface area (Å²) in [7, 11) is 2.46. The molecular formula is C11H19NO5S. The van der Waals surface area contributed by atoms with Crippen molar-refractivity contribution in [2.45, 2.75) is 19.1 Å². The van der Waals surface area contributed by atoms with Gasteiger partial charge in [0.2, 0.25) is 5.91 Å². The van der Waals surface area contributed by atoms with Gasteiger partial charge in [0, 0.05) is 0 Å². The Morgan fingerprint density at radius 1 is 1.06 bits per heavy atom. The maximum atomic E-state index is 11.8. The number of carbonyl (C=O) groups excluding carboxylic acids is 3. The Morgan fingerprint density at radius 2 is 1.50 bits per heavy atom. The molecule has 0 radical (unpaired) electrons. The van der Waals surface area contributed by atoms with E-state index in [2.05, 4.69) is 9.47 Å². The second kappa shape index (κ2) is 8.79. The molecule has 0 fully saturated rings. The Hall–Kier alpha value is -1.24. The van der Waals surface area contributed by atoms with Crippen molar-refractivity contribution in [3.05, 3.63) is 0 Å². The zero-order valence-corrected chi connectivity index (χ0v) is 11.9. The molecule has 0 aliphatic rings. The van der Waals surface area contributed by atoms with Gasteiger partial charge in [-0.2, -0.15) is 0 Å². The van der Waals surface area contributed by atoms with E-state index >= 15 is 0 Å². The van der Waals surface area contributed by atoms with Crippen molar-refractivity contribution >= 4 is 29.6 Å². The Labute approximate surface area is 111 Å². The monoisotopic (exact) mass is 277 g/mol. The maximum absolute atomic E-state index is 11.8.